The van der Waals surface area contributed by atoms with Gasteiger partial charge in [-0.25, -0.2) is 15.8 Å². The van der Waals surface area contributed by atoms with Crippen molar-refractivity contribution >= 4 is 11.6 Å². The van der Waals surface area contributed by atoms with Gasteiger partial charge in [-0.1, -0.05) is 6.92 Å². The van der Waals surface area contributed by atoms with Crippen LogP contribution in [-0.2, 0) is 6.42 Å². The molecule has 1 rings (SSSR count). The second-order valence-corrected chi connectivity index (χ2v) is 4.36. The van der Waals surface area contributed by atoms with Crippen LogP contribution in [0.3, 0.4) is 0 Å². The molecule has 0 aliphatic heterocycles. The highest BCUT2D eigenvalue weighted by atomic mass is 16.2. The predicted octanol–water partition coefficient (Wildman–Crippen LogP) is 1.29. The molecule has 6 heteroatoms. The van der Waals surface area contributed by atoms with Crippen LogP contribution in [0, 0.1) is 0 Å². The molecule has 0 fully saturated rings. The first-order valence-corrected chi connectivity index (χ1v) is 6.41. The molecule has 0 amide bonds. The van der Waals surface area contributed by atoms with Gasteiger partial charge in [0.25, 0.3) is 0 Å². The van der Waals surface area contributed by atoms with E-state index in [-0.39, 0.29) is 12.6 Å². The molecular formula is C12H23N5O. The van der Waals surface area contributed by atoms with Gasteiger partial charge < -0.3 is 15.8 Å². The van der Waals surface area contributed by atoms with Crippen molar-refractivity contribution in [2.45, 2.75) is 45.6 Å². The Morgan fingerprint density at radius 2 is 2.11 bits per heavy atom. The number of hydrazine groups is 1. The molecular weight excluding hydrogens is 230 g/mol. The van der Waals surface area contributed by atoms with Crippen LogP contribution >= 0.6 is 0 Å². The van der Waals surface area contributed by atoms with Crippen molar-refractivity contribution in [3.05, 3.63) is 11.9 Å². The lowest BCUT2D eigenvalue weighted by molar-refractivity contribution is 0.282. The second kappa shape index (κ2) is 7.84. The van der Waals surface area contributed by atoms with Crippen molar-refractivity contribution in [2.75, 3.05) is 17.3 Å². The molecule has 0 radical (unpaired) electrons. The molecule has 0 saturated carbocycles. The molecule has 1 aromatic heterocycles. The SMILES string of the molecule is CCCc1nc(NN)cc(NC(C)CCCO)n1. The first-order chi connectivity index (χ1) is 8.69. The number of nitrogens with zero attached hydrogens (tertiary/aromatic N) is 2. The Kier molecular flexibility index (Phi) is 6.38. The summed E-state index contributed by atoms with van der Waals surface area (Å²) < 4.78 is 0. The van der Waals surface area contributed by atoms with Crippen molar-refractivity contribution in [1.29, 1.82) is 0 Å². The topological polar surface area (TPSA) is 96.1 Å². The minimum atomic E-state index is 0.215. The number of nitrogen functional groups attached to an aromatic ring is 1. The Morgan fingerprint density at radius 1 is 1.39 bits per heavy atom. The molecule has 0 spiro atoms. The number of nitrogens with two attached hydrogens (primary N) is 1. The van der Waals surface area contributed by atoms with Gasteiger partial charge in [0, 0.05) is 25.1 Å². The lowest BCUT2D eigenvalue weighted by Crippen LogP contribution is -2.18. The van der Waals surface area contributed by atoms with Gasteiger partial charge in [0.1, 0.15) is 17.5 Å². The molecule has 6 nitrogen and oxygen atoms in total. The van der Waals surface area contributed by atoms with Gasteiger partial charge in [0.05, 0.1) is 0 Å². The van der Waals surface area contributed by atoms with Gasteiger partial charge in [-0.05, 0) is 26.2 Å². The monoisotopic (exact) mass is 253 g/mol. The van der Waals surface area contributed by atoms with Gasteiger partial charge in [-0.3, -0.25) is 0 Å². The zero-order valence-corrected chi connectivity index (χ0v) is 11.1. The molecule has 102 valence electrons. The normalized spacial score (nSPS) is 12.2. The minimum Gasteiger partial charge on any atom is -0.396 e. The number of rotatable bonds is 8. The summed E-state index contributed by atoms with van der Waals surface area (Å²) in [5.41, 5.74) is 2.55. The number of hydrogen-bond donors (Lipinski definition) is 4. The van der Waals surface area contributed by atoms with Crippen molar-refractivity contribution < 1.29 is 5.11 Å². The van der Waals surface area contributed by atoms with E-state index in [4.69, 9.17) is 10.9 Å². The first-order valence-electron chi connectivity index (χ1n) is 6.41. The lowest BCUT2D eigenvalue weighted by atomic mass is 10.2. The molecule has 1 aromatic rings. The molecule has 0 aromatic carbocycles. The van der Waals surface area contributed by atoms with E-state index in [0.29, 0.717) is 5.82 Å². The molecule has 0 aliphatic rings. The minimum absolute atomic E-state index is 0.215. The summed E-state index contributed by atoms with van der Waals surface area (Å²) in [6.45, 7) is 4.36. The second-order valence-electron chi connectivity index (χ2n) is 4.36. The number of aliphatic hydroxyl groups excluding tert-OH is 1. The van der Waals surface area contributed by atoms with Crippen LogP contribution in [0.1, 0.15) is 38.9 Å². The third-order valence-corrected chi connectivity index (χ3v) is 2.58. The van der Waals surface area contributed by atoms with E-state index in [1.807, 2.05) is 0 Å². The van der Waals surface area contributed by atoms with Crippen LogP contribution in [-0.4, -0.2) is 27.7 Å². The van der Waals surface area contributed by atoms with Crippen LogP contribution < -0.4 is 16.6 Å². The van der Waals surface area contributed by atoms with Gasteiger partial charge >= 0.3 is 0 Å². The quantitative estimate of drug-likeness (QED) is 0.412. The standard InChI is InChI=1S/C12H23N5O/c1-3-5-10-15-11(8-12(16-10)17-13)14-9(2)6-4-7-18/h8-9,18H,3-7,13H2,1-2H3,(H2,14,15,16,17). The molecule has 1 atom stereocenters. The van der Waals surface area contributed by atoms with Gasteiger partial charge in [0.2, 0.25) is 0 Å². The summed E-state index contributed by atoms with van der Waals surface area (Å²) in [5, 5.41) is 12.1. The summed E-state index contributed by atoms with van der Waals surface area (Å²) in [6.07, 6.45) is 3.50. The van der Waals surface area contributed by atoms with Crippen LogP contribution in [0.15, 0.2) is 6.07 Å². The molecule has 0 saturated heterocycles. The fourth-order valence-electron chi connectivity index (χ4n) is 1.70. The molecule has 5 N–H and O–H groups in total. The third-order valence-electron chi connectivity index (χ3n) is 2.58. The van der Waals surface area contributed by atoms with E-state index in [9.17, 15) is 0 Å². The van der Waals surface area contributed by atoms with E-state index < -0.39 is 0 Å². The van der Waals surface area contributed by atoms with Gasteiger partial charge in [-0.15, -0.1) is 0 Å². The van der Waals surface area contributed by atoms with Crippen molar-refractivity contribution in [2.24, 2.45) is 5.84 Å². The van der Waals surface area contributed by atoms with Crippen LogP contribution in [0.2, 0.25) is 0 Å². The largest absolute Gasteiger partial charge is 0.396 e. The number of hydrogen-bond acceptors (Lipinski definition) is 6. The maximum atomic E-state index is 8.80. The Hall–Kier alpha value is -1.40. The summed E-state index contributed by atoms with van der Waals surface area (Å²) in [7, 11) is 0. The smallest absolute Gasteiger partial charge is 0.145 e. The lowest BCUT2D eigenvalue weighted by Gasteiger charge is -2.15. The van der Waals surface area contributed by atoms with Crippen molar-refractivity contribution in [3.63, 3.8) is 0 Å². The predicted molar refractivity (Wildman–Crippen MR) is 73.2 cm³/mol. The van der Waals surface area contributed by atoms with E-state index in [1.165, 1.54) is 0 Å². The zero-order chi connectivity index (χ0) is 13.4. The summed E-state index contributed by atoms with van der Waals surface area (Å²) >= 11 is 0. The first kappa shape index (κ1) is 14.7. The Bertz CT molecular complexity index is 358. The van der Waals surface area contributed by atoms with Crippen LogP contribution in [0.25, 0.3) is 0 Å². The van der Waals surface area contributed by atoms with Crippen LogP contribution in [0.5, 0.6) is 0 Å². The maximum absolute atomic E-state index is 8.80. The Balaban J connectivity index is 2.71. The van der Waals surface area contributed by atoms with Gasteiger partial charge in [-0.2, -0.15) is 0 Å². The van der Waals surface area contributed by atoms with Crippen LogP contribution in [0.4, 0.5) is 11.6 Å². The average molecular weight is 253 g/mol. The number of aliphatic hydroxyl groups is 1. The van der Waals surface area contributed by atoms with E-state index in [0.717, 1.165) is 37.3 Å². The zero-order valence-electron chi connectivity index (χ0n) is 11.1. The highest BCUT2D eigenvalue weighted by Crippen LogP contribution is 2.13. The Morgan fingerprint density at radius 3 is 2.72 bits per heavy atom. The molecule has 0 bridgehead atoms. The summed E-state index contributed by atoms with van der Waals surface area (Å²) in [4.78, 5) is 8.72. The molecule has 0 aliphatic carbocycles. The highest BCUT2D eigenvalue weighted by Gasteiger charge is 2.06. The van der Waals surface area contributed by atoms with Gasteiger partial charge in [0.15, 0.2) is 0 Å². The number of aryl methyl sites for hydroxylation is 1. The summed E-state index contributed by atoms with van der Waals surface area (Å²) in [5.74, 6) is 7.56. The van der Waals surface area contributed by atoms with E-state index >= 15 is 0 Å². The molecule has 1 heterocycles. The Labute approximate surface area is 108 Å². The summed E-state index contributed by atoms with van der Waals surface area (Å²) in [6, 6.07) is 2.04. The molecule has 1 unspecified atom stereocenters. The van der Waals surface area contributed by atoms with E-state index in [1.54, 1.807) is 6.07 Å². The van der Waals surface area contributed by atoms with Crippen molar-refractivity contribution in [1.82, 2.24) is 9.97 Å². The van der Waals surface area contributed by atoms with E-state index in [2.05, 4.69) is 34.6 Å². The fourth-order valence-corrected chi connectivity index (χ4v) is 1.70. The number of anilines is 2. The average Bonchev–Trinajstić information content (AvgIpc) is 2.36. The maximum Gasteiger partial charge on any atom is 0.145 e. The number of aromatic nitrogens is 2. The highest BCUT2D eigenvalue weighted by molar-refractivity contribution is 5.47. The number of nitrogens with one attached hydrogen (secondary N) is 2. The van der Waals surface area contributed by atoms with Crippen molar-refractivity contribution in [3.8, 4) is 0 Å². The third kappa shape index (κ3) is 4.85. The molecule has 18 heavy (non-hydrogen) atoms. The fraction of sp³-hybridized carbons (Fsp3) is 0.667.